The van der Waals surface area contributed by atoms with Crippen LogP contribution in [0.2, 0.25) is 5.02 Å². The van der Waals surface area contributed by atoms with Gasteiger partial charge < -0.3 is 16.0 Å². The fourth-order valence-corrected chi connectivity index (χ4v) is 3.17. The molecule has 0 unspecified atom stereocenters. The fourth-order valence-electron chi connectivity index (χ4n) is 2.96. The molecule has 2 rings (SSSR count). The molecule has 0 aliphatic rings. The summed E-state index contributed by atoms with van der Waals surface area (Å²) in [5.41, 5.74) is 2.91. The summed E-state index contributed by atoms with van der Waals surface area (Å²) in [7, 11) is 3.38. The third-order valence-electron chi connectivity index (χ3n) is 4.41. The largest absolute Gasteiger partial charge is 0.356 e. The van der Waals surface area contributed by atoms with Crippen molar-refractivity contribution in [3.63, 3.8) is 0 Å². The molecule has 28 heavy (non-hydrogen) atoms. The van der Waals surface area contributed by atoms with Gasteiger partial charge in [-0.25, -0.2) is 0 Å². The highest BCUT2D eigenvalue weighted by molar-refractivity contribution is 6.30. The summed E-state index contributed by atoms with van der Waals surface area (Å²) in [6, 6.07) is 15.5. The van der Waals surface area contributed by atoms with E-state index in [1.165, 1.54) is 5.56 Å². The van der Waals surface area contributed by atoms with Crippen LogP contribution in [0.3, 0.4) is 0 Å². The number of hydrogen-bond acceptors (Lipinski definition) is 2. The van der Waals surface area contributed by atoms with Gasteiger partial charge in [-0.2, -0.15) is 0 Å². The first-order valence-corrected chi connectivity index (χ1v) is 9.71. The van der Waals surface area contributed by atoms with Crippen LogP contribution < -0.4 is 16.0 Å². The summed E-state index contributed by atoms with van der Waals surface area (Å²) >= 11 is 6.09. The number of carbonyl (C=O) groups excluding carboxylic acids is 1. The van der Waals surface area contributed by atoms with Crippen LogP contribution in [0.15, 0.2) is 53.5 Å². The van der Waals surface area contributed by atoms with Crippen molar-refractivity contribution in [2.75, 3.05) is 20.6 Å². The van der Waals surface area contributed by atoms with Crippen molar-refractivity contribution in [3.8, 4) is 0 Å². The first-order chi connectivity index (χ1) is 13.3. The molecule has 6 heteroatoms. The van der Waals surface area contributed by atoms with Crippen molar-refractivity contribution in [2.24, 2.45) is 10.4 Å². The Kier molecular flexibility index (Phi) is 7.88. The molecule has 2 aromatic carbocycles. The van der Waals surface area contributed by atoms with Gasteiger partial charge in [0.2, 0.25) is 0 Å². The maximum absolute atomic E-state index is 11.8. The number of guanidine groups is 1. The van der Waals surface area contributed by atoms with E-state index in [1.54, 1.807) is 20.2 Å². The van der Waals surface area contributed by atoms with Gasteiger partial charge in [-0.3, -0.25) is 9.79 Å². The molecule has 0 saturated carbocycles. The number of aliphatic imine (C=N–C) groups is 1. The maximum atomic E-state index is 11.8. The Morgan fingerprint density at radius 1 is 1.07 bits per heavy atom. The number of benzene rings is 2. The van der Waals surface area contributed by atoms with Crippen LogP contribution in [-0.2, 0) is 13.0 Å². The summed E-state index contributed by atoms with van der Waals surface area (Å²) in [4.78, 5) is 16.1. The quantitative estimate of drug-likeness (QED) is 0.491. The molecule has 0 atom stereocenters. The maximum Gasteiger partial charge on any atom is 0.251 e. The Morgan fingerprint density at radius 2 is 1.79 bits per heavy atom. The molecule has 0 radical (unpaired) electrons. The lowest BCUT2D eigenvalue weighted by molar-refractivity contribution is 0.0963. The zero-order chi connectivity index (χ0) is 20.6. The third kappa shape index (κ3) is 6.89. The molecule has 2 aromatic rings. The Balaban J connectivity index is 1.89. The van der Waals surface area contributed by atoms with Crippen molar-refractivity contribution in [2.45, 2.75) is 26.8 Å². The summed E-state index contributed by atoms with van der Waals surface area (Å²) in [5, 5.41) is 10.1. The Morgan fingerprint density at radius 3 is 2.46 bits per heavy atom. The lowest BCUT2D eigenvalue weighted by Crippen LogP contribution is -2.42. The van der Waals surface area contributed by atoms with Gasteiger partial charge in [-0.15, -0.1) is 0 Å². The zero-order valence-electron chi connectivity index (χ0n) is 17.0. The summed E-state index contributed by atoms with van der Waals surface area (Å²) in [5.74, 6) is 0.636. The van der Waals surface area contributed by atoms with E-state index in [4.69, 9.17) is 11.6 Å². The van der Waals surface area contributed by atoms with Crippen molar-refractivity contribution in [1.29, 1.82) is 0 Å². The van der Waals surface area contributed by atoms with Crippen LogP contribution >= 0.6 is 11.6 Å². The Bertz CT molecular complexity index is 833. The standard InChI is InChI=1S/C22H29ClN4O/c1-22(2,13-16-7-6-10-19(23)12-16)15-27-21(25-4)26-14-17-8-5-9-18(11-17)20(28)24-3/h5-12H,13-15H2,1-4H3,(H,24,28)(H2,25,26,27). The average molecular weight is 401 g/mol. The molecule has 0 heterocycles. The topological polar surface area (TPSA) is 65.5 Å². The predicted octanol–water partition coefficient (Wildman–Crippen LogP) is 3.63. The second-order valence-electron chi connectivity index (χ2n) is 7.53. The summed E-state index contributed by atoms with van der Waals surface area (Å²) < 4.78 is 0. The second-order valence-corrected chi connectivity index (χ2v) is 7.97. The number of hydrogen-bond donors (Lipinski definition) is 3. The van der Waals surface area contributed by atoms with Crippen LogP contribution in [0.5, 0.6) is 0 Å². The van der Waals surface area contributed by atoms with Gasteiger partial charge in [0, 0.05) is 37.8 Å². The van der Waals surface area contributed by atoms with Crippen LogP contribution in [-0.4, -0.2) is 32.5 Å². The zero-order valence-corrected chi connectivity index (χ0v) is 17.7. The monoisotopic (exact) mass is 400 g/mol. The molecule has 0 aliphatic carbocycles. The highest BCUT2D eigenvalue weighted by Gasteiger charge is 2.19. The highest BCUT2D eigenvalue weighted by atomic mass is 35.5. The van der Waals surface area contributed by atoms with Crippen molar-refractivity contribution in [3.05, 3.63) is 70.2 Å². The van der Waals surface area contributed by atoms with E-state index in [9.17, 15) is 4.79 Å². The second kappa shape index (κ2) is 10.1. The predicted molar refractivity (Wildman–Crippen MR) is 117 cm³/mol. The summed E-state index contributed by atoms with van der Waals surface area (Å²) in [6.07, 6.45) is 0.908. The fraction of sp³-hybridized carbons (Fsp3) is 0.364. The van der Waals surface area contributed by atoms with E-state index >= 15 is 0 Å². The van der Waals surface area contributed by atoms with E-state index in [-0.39, 0.29) is 11.3 Å². The van der Waals surface area contributed by atoms with Gasteiger partial charge in [0.15, 0.2) is 5.96 Å². The number of carbonyl (C=O) groups is 1. The van der Waals surface area contributed by atoms with E-state index < -0.39 is 0 Å². The smallest absolute Gasteiger partial charge is 0.251 e. The molecule has 0 spiro atoms. The molecule has 3 N–H and O–H groups in total. The lowest BCUT2D eigenvalue weighted by atomic mass is 9.86. The molecule has 1 amide bonds. The Labute approximate surface area is 172 Å². The van der Waals surface area contributed by atoms with Crippen LogP contribution in [0.1, 0.15) is 35.3 Å². The molecule has 0 aliphatic heterocycles. The van der Waals surface area contributed by atoms with Crippen molar-refractivity contribution < 1.29 is 4.79 Å². The molecule has 150 valence electrons. The van der Waals surface area contributed by atoms with Gasteiger partial charge in [0.1, 0.15) is 0 Å². The van der Waals surface area contributed by atoms with Crippen LogP contribution in [0.4, 0.5) is 0 Å². The van der Waals surface area contributed by atoms with Crippen LogP contribution in [0, 0.1) is 5.41 Å². The number of amides is 1. The first kappa shape index (κ1) is 21.8. The van der Waals surface area contributed by atoms with Crippen molar-refractivity contribution >= 4 is 23.5 Å². The minimum absolute atomic E-state index is 0.0292. The van der Waals surface area contributed by atoms with E-state index in [0.717, 1.165) is 29.5 Å². The number of nitrogens with zero attached hydrogens (tertiary/aromatic N) is 1. The van der Waals surface area contributed by atoms with Gasteiger partial charge in [0.25, 0.3) is 5.91 Å². The molecule has 0 fully saturated rings. The van der Waals surface area contributed by atoms with Crippen LogP contribution in [0.25, 0.3) is 0 Å². The van der Waals surface area contributed by atoms with E-state index in [0.29, 0.717) is 12.1 Å². The van der Waals surface area contributed by atoms with Gasteiger partial charge in [-0.05, 0) is 47.2 Å². The minimum atomic E-state index is -0.0906. The van der Waals surface area contributed by atoms with Gasteiger partial charge in [0.05, 0.1) is 0 Å². The molecular formula is C22H29ClN4O. The van der Waals surface area contributed by atoms with E-state index in [2.05, 4.69) is 40.9 Å². The van der Waals surface area contributed by atoms with Crippen molar-refractivity contribution in [1.82, 2.24) is 16.0 Å². The molecule has 0 bridgehead atoms. The Hall–Kier alpha value is -2.53. The van der Waals surface area contributed by atoms with Gasteiger partial charge >= 0.3 is 0 Å². The normalized spacial score (nSPS) is 11.8. The average Bonchev–Trinajstić information content (AvgIpc) is 2.67. The third-order valence-corrected chi connectivity index (χ3v) is 4.64. The first-order valence-electron chi connectivity index (χ1n) is 9.33. The van der Waals surface area contributed by atoms with Gasteiger partial charge in [-0.1, -0.05) is 49.7 Å². The number of rotatable bonds is 7. The minimum Gasteiger partial charge on any atom is -0.356 e. The number of halogens is 1. The van der Waals surface area contributed by atoms with E-state index in [1.807, 2.05) is 36.4 Å². The number of nitrogens with one attached hydrogen (secondary N) is 3. The lowest BCUT2D eigenvalue weighted by Gasteiger charge is -2.26. The molecular weight excluding hydrogens is 372 g/mol. The summed E-state index contributed by atoms with van der Waals surface area (Å²) in [6.45, 7) is 5.76. The molecule has 0 saturated heterocycles. The SMILES string of the molecule is CN=C(NCc1cccc(C(=O)NC)c1)NCC(C)(C)Cc1cccc(Cl)c1. The molecule has 0 aromatic heterocycles. The highest BCUT2D eigenvalue weighted by Crippen LogP contribution is 2.22. The molecule has 5 nitrogen and oxygen atoms in total.